The third kappa shape index (κ3) is 12.9. The Hall–Kier alpha value is -6.39. The van der Waals surface area contributed by atoms with Crippen molar-refractivity contribution in [3.63, 3.8) is 0 Å². The van der Waals surface area contributed by atoms with E-state index in [4.69, 9.17) is 19.0 Å². The number of ether oxygens (including phenoxy) is 3. The topological polar surface area (TPSA) is 207 Å². The number of hydrogen-bond acceptors (Lipinski definition) is 12. The predicted molar refractivity (Wildman–Crippen MR) is 201 cm³/mol. The first-order valence-corrected chi connectivity index (χ1v) is 17.1. The minimum Gasteiger partial charge on any atom is -0.492 e. The molecule has 0 aliphatic rings. The zero-order valence-corrected chi connectivity index (χ0v) is 31.0. The summed E-state index contributed by atoms with van der Waals surface area (Å²) < 4.78 is 15.7. The highest BCUT2D eigenvalue weighted by molar-refractivity contribution is 5.99. The third-order valence-electron chi connectivity index (χ3n) is 7.99. The molecule has 55 heavy (non-hydrogen) atoms. The van der Waals surface area contributed by atoms with Crippen molar-refractivity contribution in [1.29, 1.82) is 0 Å². The van der Waals surface area contributed by atoms with E-state index in [1.807, 2.05) is 6.92 Å². The number of benzene rings is 3. The molecule has 0 heterocycles. The van der Waals surface area contributed by atoms with Crippen LogP contribution < -0.4 is 20.8 Å². The Bertz CT molecular complexity index is 1900. The number of carbonyl (C=O) groups excluding carboxylic acids is 7. The van der Waals surface area contributed by atoms with E-state index in [-0.39, 0.29) is 29.3 Å². The lowest BCUT2D eigenvalue weighted by molar-refractivity contribution is -0.130. The van der Waals surface area contributed by atoms with Crippen LogP contribution in [0.5, 0.6) is 0 Å². The van der Waals surface area contributed by atoms with Crippen LogP contribution in [0.25, 0.3) is 0 Å². The largest absolute Gasteiger partial charge is 0.492 e. The number of rotatable bonds is 20. The first-order chi connectivity index (χ1) is 26.3. The molecule has 0 saturated carbocycles. The van der Waals surface area contributed by atoms with E-state index in [9.17, 15) is 38.8 Å². The Morgan fingerprint density at radius 3 is 2.05 bits per heavy atom. The predicted octanol–water partition coefficient (Wildman–Crippen LogP) is 6.26. The van der Waals surface area contributed by atoms with E-state index in [0.717, 1.165) is 11.3 Å². The number of nitrogens with zero attached hydrogens (tertiary/aromatic N) is 2. The summed E-state index contributed by atoms with van der Waals surface area (Å²) in [5, 5.41) is 17.3. The van der Waals surface area contributed by atoms with Gasteiger partial charge in [0.15, 0.2) is 12.4 Å². The molecule has 0 fully saturated rings. The number of aryl methyl sites for hydroxylation is 3. The van der Waals surface area contributed by atoms with Gasteiger partial charge < -0.3 is 19.0 Å². The van der Waals surface area contributed by atoms with E-state index >= 15 is 0 Å². The molecular weight excluding hydrogens is 716 g/mol. The number of hydroxylamine groups is 2. The number of aldehydes is 2. The van der Waals surface area contributed by atoms with Crippen LogP contribution in [0.2, 0.25) is 0 Å². The molecule has 1 atom stereocenters. The van der Waals surface area contributed by atoms with E-state index in [2.05, 4.69) is 17.2 Å². The van der Waals surface area contributed by atoms with Crippen molar-refractivity contribution < 1.29 is 57.8 Å². The average molecular weight is 761 g/mol. The lowest BCUT2D eigenvalue weighted by Gasteiger charge is -2.23. The standard InChI is InChI=1S/C39H44N4O12/c1-6-8-35(46)30-13-10-27(5)34(19-30)42(51)36(47)18-29(22-53-38(49)40-32-17-28(21-45)12-9-25(32)3)23-54-39(50)41-33-20-31(14-11-26(33)4)43(55-16-15-44)37(48)24-52-7-2/h7,9-15,17,19-21,29,51H,2,6,8,16,18,22-24H2,1,3-5H3,(H,40,49)(H,41,50). The molecule has 4 amide bonds. The molecule has 1 unspecified atom stereocenters. The maximum Gasteiger partial charge on any atom is 0.411 e. The van der Waals surface area contributed by atoms with E-state index in [1.165, 1.54) is 24.3 Å². The lowest BCUT2D eigenvalue weighted by Crippen LogP contribution is -2.34. The highest BCUT2D eigenvalue weighted by Crippen LogP contribution is 2.26. The lowest BCUT2D eigenvalue weighted by atomic mass is 10.0. The van der Waals surface area contributed by atoms with Crippen LogP contribution in [0.3, 0.4) is 0 Å². The molecule has 0 aromatic heterocycles. The number of nitrogens with one attached hydrogen (secondary N) is 2. The monoisotopic (exact) mass is 760 g/mol. The molecule has 3 aromatic carbocycles. The van der Waals surface area contributed by atoms with Gasteiger partial charge in [0.1, 0.15) is 19.2 Å². The molecule has 3 N–H and O–H groups in total. The van der Waals surface area contributed by atoms with Gasteiger partial charge in [-0.1, -0.05) is 43.8 Å². The maximum atomic E-state index is 13.4. The Labute approximate surface area is 317 Å². The zero-order chi connectivity index (χ0) is 40.5. The van der Waals surface area contributed by atoms with Crippen molar-refractivity contribution in [2.75, 3.05) is 47.2 Å². The van der Waals surface area contributed by atoms with Gasteiger partial charge in [-0.15, -0.1) is 0 Å². The summed E-state index contributed by atoms with van der Waals surface area (Å²) in [7, 11) is 0. The second kappa shape index (κ2) is 21.3. The Morgan fingerprint density at radius 2 is 1.45 bits per heavy atom. The van der Waals surface area contributed by atoms with Crippen molar-refractivity contribution in [2.24, 2.45) is 5.92 Å². The summed E-state index contributed by atoms with van der Waals surface area (Å²) in [6, 6.07) is 13.8. The van der Waals surface area contributed by atoms with Crippen LogP contribution >= 0.6 is 0 Å². The zero-order valence-electron chi connectivity index (χ0n) is 31.0. The highest BCUT2D eigenvalue weighted by atomic mass is 16.7. The molecule has 3 rings (SSSR count). The second-order valence-corrected chi connectivity index (χ2v) is 12.2. The van der Waals surface area contributed by atoms with E-state index in [1.54, 1.807) is 51.1 Å². The van der Waals surface area contributed by atoms with Gasteiger partial charge >= 0.3 is 12.2 Å². The first-order valence-electron chi connectivity index (χ1n) is 17.1. The minimum atomic E-state index is -0.992. The number of hydrogen-bond donors (Lipinski definition) is 3. The molecule has 0 bridgehead atoms. The Balaban J connectivity index is 1.80. The fourth-order valence-corrected chi connectivity index (χ4v) is 5.00. The van der Waals surface area contributed by atoms with Crippen molar-refractivity contribution >= 4 is 65.1 Å². The van der Waals surface area contributed by atoms with Crippen molar-refractivity contribution in [1.82, 2.24) is 0 Å². The van der Waals surface area contributed by atoms with Crippen molar-refractivity contribution in [3.8, 4) is 0 Å². The third-order valence-corrected chi connectivity index (χ3v) is 7.99. The van der Waals surface area contributed by atoms with Crippen LogP contribution in [-0.2, 0) is 33.4 Å². The summed E-state index contributed by atoms with van der Waals surface area (Å²) in [5.74, 6) is -2.67. The van der Waals surface area contributed by atoms with Gasteiger partial charge in [-0.05, 0) is 68.1 Å². The van der Waals surface area contributed by atoms with Crippen molar-refractivity contribution in [3.05, 3.63) is 95.3 Å². The molecular formula is C39H44N4O12. The van der Waals surface area contributed by atoms with Gasteiger partial charge in [0.2, 0.25) is 0 Å². The summed E-state index contributed by atoms with van der Waals surface area (Å²) in [6.45, 7) is 8.44. The number of carbonyl (C=O) groups is 7. The molecule has 0 spiro atoms. The van der Waals surface area contributed by atoms with Gasteiger partial charge in [-0.2, -0.15) is 10.1 Å². The molecule has 16 heteroatoms. The minimum absolute atomic E-state index is 0.0737. The SMILES string of the molecule is C=COCC(=O)N(OCC=O)c1ccc(C)c(NC(=O)OCC(COC(=O)Nc2cc(C=O)ccc2C)CC(=O)N(O)c2cc(C(=O)CCC)ccc2C)c1. The maximum absolute atomic E-state index is 13.4. The van der Waals surface area contributed by atoms with Gasteiger partial charge in [0.25, 0.3) is 11.8 Å². The fourth-order valence-electron chi connectivity index (χ4n) is 5.00. The van der Waals surface area contributed by atoms with Crippen molar-refractivity contribution in [2.45, 2.75) is 47.0 Å². The molecule has 3 aromatic rings. The summed E-state index contributed by atoms with van der Waals surface area (Å²) in [5.41, 5.74) is 3.07. The molecule has 292 valence electrons. The number of amides is 4. The number of anilines is 4. The van der Waals surface area contributed by atoms with Crippen LogP contribution in [0.1, 0.15) is 63.6 Å². The van der Waals surface area contributed by atoms with Crippen LogP contribution in [0.15, 0.2) is 67.4 Å². The Kier molecular flexibility index (Phi) is 16.7. The number of Topliss-reactive ketones (excluding diaryl/α,β-unsaturated/α-hetero) is 1. The summed E-state index contributed by atoms with van der Waals surface area (Å²) in [6.07, 6.45) is 0.635. The Morgan fingerprint density at radius 1 is 0.836 bits per heavy atom. The number of ketones is 1. The second-order valence-electron chi connectivity index (χ2n) is 12.2. The molecule has 0 radical (unpaired) electrons. The summed E-state index contributed by atoms with van der Waals surface area (Å²) in [4.78, 5) is 91.9. The van der Waals surface area contributed by atoms with Crippen LogP contribution in [0, 0.1) is 26.7 Å². The summed E-state index contributed by atoms with van der Waals surface area (Å²) >= 11 is 0. The van der Waals surface area contributed by atoms with Gasteiger partial charge in [0.05, 0.1) is 30.9 Å². The van der Waals surface area contributed by atoms with Gasteiger partial charge in [-0.3, -0.25) is 39.9 Å². The highest BCUT2D eigenvalue weighted by Gasteiger charge is 2.25. The fraction of sp³-hybridized carbons (Fsp3) is 0.308. The molecule has 0 aliphatic carbocycles. The average Bonchev–Trinajstić information content (AvgIpc) is 3.17. The quantitative estimate of drug-likeness (QED) is 0.0384. The van der Waals surface area contributed by atoms with Gasteiger partial charge in [-0.25, -0.2) is 9.59 Å². The van der Waals surface area contributed by atoms with E-state index < -0.39 is 62.8 Å². The normalized spacial score (nSPS) is 11.0. The molecule has 0 aliphatic heterocycles. The molecule has 16 nitrogen and oxygen atoms in total. The first kappa shape index (κ1) is 43.0. The molecule has 0 saturated heterocycles. The van der Waals surface area contributed by atoms with Crippen LogP contribution in [0.4, 0.5) is 32.3 Å². The van der Waals surface area contributed by atoms with Crippen LogP contribution in [-0.4, -0.2) is 74.0 Å². The van der Waals surface area contributed by atoms with E-state index in [0.29, 0.717) is 57.6 Å². The van der Waals surface area contributed by atoms with Gasteiger partial charge in [0, 0.05) is 41.3 Å². The smallest absolute Gasteiger partial charge is 0.411 e.